The van der Waals surface area contributed by atoms with E-state index in [0.717, 1.165) is 22.9 Å². The van der Waals surface area contributed by atoms with Crippen molar-refractivity contribution in [1.82, 2.24) is 0 Å². The van der Waals surface area contributed by atoms with E-state index in [1.807, 2.05) is 16.8 Å². The van der Waals surface area contributed by atoms with E-state index in [9.17, 15) is 9.18 Å². The molecule has 4 heterocycles. The smallest absolute Gasteiger partial charge is 0.411 e. The average Bonchev–Trinajstić information content (AvgIpc) is 3.24. The summed E-state index contributed by atoms with van der Waals surface area (Å²) in [5.41, 5.74) is 2.09. The summed E-state index contributed by atoms with van der Waals surface area (Å²) in [5.74, 6) is -0.335. The summed E-state index contributed by atoms with van der Waals surface area (Å²) < 4.78 is 26.2. The number of rotatable bonds is 3. The second kappa shape index (κ2) is 7.98. The number of thiophene rings is 1. The molecule has 0 aliphatic carbocycles. The van der Waals surface area contributed by atoms with Crippen LogP contribution in [0.2, 0.25) is 0 Å². The molecule has 5 atom stereocenters. The van der Waals surface area contributed by atoms with Gasteiger partial charge in [0.1, 0.15) is 36.2 Å². The third-order valence-electron chi connectivity index (χ3n) is 6.36. The summed E-state index contributed by atoms with van der Waals surface area (Å²) in [7, 11) is 4.49. The highest BCUT2D eigenvalue weighted by Crippen LogP contribution is 2.51. The molecule has 3 aliphatic rings. The van der Waals surface area contributed by atoms with Crippen LogP contribution >= 0.6 is 11.3 Å². The van der Waals surface area contributed by atoms with Gasteiger partial charge in [0.25, 0.3) is 0 Å². The molecule has 3 aliphatic heterocycles. The van der Waals surface area contributed by atoms with Crippen LogP contribution in [0.15, 0.2) is 35.0 Å². The normalized spacial score (nSPS) is 29.8. The second-order valence-electron chi connectivity index (χ2n) is 8.25. The number of fused-ring (bicyclic) bond motifs is 5. The standard InChI is InChI=1S/C20H21FN2O3S.CH2O2/c1-23(2)16-8-13(9-17(23)19-18(16)26-19)25-20(24)22-15-4-3-12(21)7-14(15)11-5-6-27-10-11;2-1-3/h3-7,10,13,16-19H,8-9H2,1-2H3;1H,(H,2,3)/t13?,16-,17+,18-,19+;. The van der Waals surface area contributed by atoms with Gasteiger partial charge < -0.3 is 23.9 Å². The van der Waals surface area contributed by atoms with Gasteiger partial charge in [0, 0.05) is 24.9 Å². The molecule has 0 saturated carbocycles. The number of hydrogen-bond acceptors (Lipinski definition) is 6. The summed E-state index contributed by atoms with van der Waals surface area (Å²) >= 11 is 1.53. The first-order valence-electron chi connectivity index (χ1n) is 9.69. The van der Waals surface area contributed by atoms with Crippen molar-refractivity contribution in [3.63, 3.8) is 0 Å². The Labute approximate surface area is 177 Å². The highest BCUT2D eigenvalue weighted by atomic mass is 32.1. The number of nitrogens with zero attached hydrogens (tertiary/aromatic N) is 1. The molecular weight excluding hydrogens is 411 g/mol. The molecule has 3 saturated heterocycles. The molecule has 2 bridgehead atoms. The SMILES string of the molecule is C[N+]1(C)[C@@H]2CC(OC(=O)Nc3ccc(F)cc3-c3ccsc3)C[C@H]1[C@@H]1O[C@@H]12.O=C[O-]. The molecule has 2 aromatic rings. The molecular formula is C21H23FN2O5S. The van der Waals surface area contributed by atoms with Gasteiger partial charge in [-0.15, -0.1) is 0 Å². The highest BCUT2D eigenvalue weighted by molar-refractivity contribution is 7.08. The Morgan fingerprint density at radius 1 is 1.30 bits per heavy atom. The maximum atomic E-state index is 13.7. The molecule has 1 unspecified atom stereocenters. The van der Waals surface area contributed by atoms with Gasteiger partial charge in [-0.3, -0.25) is 5.32 Å². The summed E-state index contributed by atoms with van der Waals surface area (Å²) in [6, 6.07) is 7.04. The monoisotopic (exact) mass is 434 g/mol. The number of likely N-dealkylation sites (N-methyl/N-ethyl adjacent to an activating group) is 1. The fraction of sp³-hybridized carbons (Fsp3) is 0.429. The minimum absolute atomic E-state index is 0.104. The number of benzene rings is 1. The van der Waals surface area contributed by atoms with Gasteiger partial charge in [-0.2, -0.15) is 11.3 Å². The number of carboxylic acid groups (broad SMARTS) is 1. The van der Waals surface area contributed by atoms with Crippen molar-refractivity contribution in [1.29, 1.82) is 0 Å². The maximum absolute atomic E-state index is 13.7. The zero-order valence-corrected chi connectivity index (χ0v) is 17.4. The molecule has 1 aromatic heterocycles. The highest BCUT2D eigenvalue weighted by Gasteiger charge is 2.70. The third kappa shape index (κ3) is 3.80. The lowest BCUT2D eigenvalue weighted by molar-refractivity contribution is -0.938. The molecule has 9 heteroatoms. The van der Waals surface area contributed by atoms with Crippen molar-refractivity contribution in [3.05, 3.63) is 40.8 Å². The lowest BCUT2D eigenvalue weighted by Crippen LogP contribution is -2.60. The van der Waals surface area contributed by atoms with Crippen molar-refractivity contribution < 1.29 is 33.0 Å². The van der Waals surface area contributed by atoms with Crippen molar-refractivity contribution in [3.8, 4) is 11.1 Å². The summed E-state index contributed by atoms with van der Waals surface area (Å²) in [6.07, 6.45) is 1.70. The third-order valence-corrected chi connectivity index (χ3v) is 7.05. The number of epoxide rings is 1. The van der Waals surface area contributed by atoms with E-state index in [2.05, 4.69) is 19.4 Å². The number of nitrogens with one attached hydrogen (secondary N) is 1. The zero-order chi connectivity index (χ0) is 21.5. The predicted molar refractivity (Wildman–Crippen MR) is 107 cm³/mol. The zero-order valence-electron chi connectivity index (χ0n) is 16.6. The number of ether oxygens (including phenoxy) is 2. The molecule has 1 aromatic carbocycles. The topological polar surface area (TPSA) is 91.0 Å². The van der Waals surface area contributed by atoms with Crippen LogP contribution in [0.3, 0.4) is 0 Å². The van der Waals surface area contributed by atoms with Crippen LogP contribution in [0.5, 0.6) is 0 Å². The fourth-order valence-corrected chi connectivity index (χ4v) is 5.53. The summed E-state index contributed by atoms with van der Waals surface area (Å²) in [6.45, 7) is -0.500. The molecule has 5 rings (SSSR count). The first-order chi connectivity index (χ1) is 14.3. The van der Waals surface area contributed by atoms with Gasteiger partial charge in [0.2, 0.25) is 0 Å². The first-order valence-corrected chi connectivity index (χ1v) is 10.6. The molecule has 0 radical (unpaired) electrons. The van der Waals surface area contributed by atoms with Crippen LogP contribution in [0.1, 0.15) is 12.8 Å². The van der Waals surface area contributed by atoms with E-state index >= 15 is 0 Å². The van der Waals surface area contributed by atoms with Gasteiger partial charge in [0.05, 0.1) is 19.8 Å². The number of piperidine rings is 1. The van der Waals surface area contributed by atoms with Gasteiger partial charge in [-0.1, -0.05) is 0 Å². The van der Waals surface area contributed by atoms with E-state index in [4.69, 9.17) is 19.4 Å². The van der Waals surface area contributed by atoms with Gasteiger partial charge >= 0.3 is 6.09 Å². The Bertz CT molecular complexity index is 915. The number of halogens is 1. The minimum atomic E-state index is -0.500. The first kappa shape index (κ1) is 20.8. The van der Waals surface area contributed by atoms with Crippen molar-refractivity contribution in [2.24, 2.45) is 0 Å². The largest absolute Gasteiger partial charge is 0.554 e. The number of quaternary nitrogens is 1. The van der Waals surface area contributed by atoms with Crippen LogP contribution in [0.25, 0.3) is 11.1 Å². The number of amides is 1. The second-order valence-corrected chi connectivity index (χ2v) is 9.03. The van der Waals surface area contributed by atoms with Crippen LogP contribution in [-0.2, 0) is 14.3 Å². The Hall–Kier alpha value is -2.49. The van der Waals surface area contributed by atoms with E-state index in [0.29, 0.717) is 35.5 Å². The number of hydrogen-bond donors (Lipinski definition) is 1. The molecule has 160 valence electrons. The van der Waals surface area contributed by atoms with E-state index in [-0.39, 0.29) is 11.9 Å². The number of morpholine rings is 1. The van der Waals surface area contributed by atoms with Crippen molar-refractivity contribution in [2.75, 3.05) is 19.4 Å². The van der Waals surface area contributed by atoms with Gasteiger partial charge in [-0.25, -0.2) is 9.18 Å². The molecule has 1 amide bonds. The van der Waals surface area contributed by atoms with Crippen LogP contribution in [0, 0.1) is 5.82 Å². The minimum Gasteiger partial charge on any atom is -0.554 e. The van der Waals surface area contributed by atoms with E-state index < -0.39 is 12.6 Å². The lowest BCUT2D eigenvalue weighted by Gasteiger charge is -2.45. The van der Waals surface area contributed by atoms with Crippen molar-refractivity contribution >= 4 is 29.6 Å². The van der Waals surface area contributed by atoms with E-state index in [1.165, 1.54) is 23.5 Å². The van der Waals surface area contributed by atoms with Crippen LogP contribution in [0.4, 0.5) is 14.9 Å². The Balaban J connectivity index is 0.000000687. The van der Waals surface area contributed by atoms with E-state index in [1.54, 1.807) is 6.07 Å². The molecule has 7 nitrogen and oxygen atoms in total. The number of carbonyl (C=O) groups excluding carboxylic acids is 2. The van der Waals surface area contributed by atoms with Gasteiger partial charge in [-0.05, 0) is 40.6 Å². The average molecular weight is 434 g/mol. The maximum Gasteiger partial charge on any atom is 0.411 e. The Kier molecular flexibility index (Phi) is 5.52. The number of carbonyl (C=O) groups is 2. The summed E-state index contributed by atoms with van der Waals surface area (Å²) in [5, 5.41) is 14.9. The Morgan fingerprint density at radius 2 is 1.97 bits per heavy atom. The molecule has 1 N–H and O–H groups in total. The molecule has 3 fully saturated rings. The van der Waals surface area contributed by atoms with Crippen molar-refractivity contribution in [2.45, 2.75) is 43.2 Å². The Morgan fingerprint density at radius 3 is 2.57 bits per heavy atom. The van der Waals surface area contributed by atoms with Gasteiger partial charge in [0.15, 0.2) is 0 Å². The lowest BCUT2D eigenvalue weighted by atomic mass is 9.96. The quantitative estimate of drug-likeness (QED) is 0.455. The summed E-state index contributed by atoms with van der Waals surface area (Å²) in [4.78, 5) is 20.8. The number of anilines is 1. The van der Waals surface area contributed by atoms with Crippen LogP contribution < -0.4 is 10.4 Å². The predicted octanol–water partition coefficient (Wildman–Crippen LogP) is 2.23. The fourth-order valence-electron chi connectivity index (χ4n) is 4.87. The van der Waals surface area contributed by atoms with Crippen LogP contribution in [-0.4, -0.2) is 61.5 Å². The molecule has 30 heavy (non-hydrogen) atoms. The molecule has 0 spiro atoms.